The van der Waals surface area contributed by atoms with Crippen molar-refractivity contribution in [3.8, 4) is 22.9 Å². The van der Waals surface area contributed by atoms with E-state index in [9.17, 15) is 22.8 Å². The Balaban J connectivity index is 1.81. The lowest BCUT2D eigenvalue weighted by atomic mass is 10.0. The van der Waals surface area contributed by atoms with Crippen LogP contribution in [0.25, 0.3) is 16.6 Å². The molecule has 1 N–H and O–H groups in total. The Labute approximate surface area is 216 Å². The standard InChI is InChI=1S/C28H24F3NO6/c1-17-26(27(35)18-8-10-20(36-2)11-9-18)23-13-12-22(38-28(29,30)31)16-24(23)32(17)19-5-3-6-21(15-19)37-14-4-7-25(33)34/h3,5-6,8-13,15-16H,4,7,14H2,1-2H3,(H,33,34). The lowest BCUT2D eigenvalue weighted by molar-refractivity contribution is -0.274. The molecule has 0 aliphatic rings. The number of carboxylic acids is 1. The van der Waals surface area contributed by atoms with E-state index < -0.39 is 18.1 Å². The van der Waals surface area contributed by atoms with Crippen molar-refractivity contribution in [3.05, 3.63) is 83.6 Å². The second kappa shape index (κ2) is 10.9. The number of nitrogens with zero attached hydrogens (tertiary/aromatic N) is 1. The number of ketones is 1. The van der Waals surface area contributed by atoms with E-state index in [1.54, 1.807) is 60.0 Å². The van der Waals surface area contributed by atoms with Crippen molar-refractivity contribution in [2.75, 3.05) is 13.7 Å². The topological polar surface area (TPSA) is 87.0 Å². The molecular weight excluding hydrogens is 503 g/mol. The molecule has 38 heavy (non-hydrogen) atoms. The Morgan fingerprint density at radius 1 is 0.947 bits per heavy atom. The summed E-state index contributed by atoms with van der Waals surface area (Å²) in [6.07, 6.45) is -4.62. The Bertz CT molecular complexity index is 1470. The number of carbonyl (C=O) groups excluding carboxylic acids is 1. The first-order valence-electron chi connectivity index (χ1n) is 11.6. The molecule has 0 saturated heterocycles. The van der Waals surface area contributed by atoms with E-state index in [0.29, 0.717) is 51.3 Å². The van der Waals surface area contributed by atoms with Gasteiger partial charge in [-0.05, 0) is 61.9 Å². The predicted molar refractivity (Wildman–Crippen MR) is 133 cm³/mol. The number of halogens is 3. The number of methoxy groups -OCH3 is 1. The Morgan fingerprint density at radius 3 is 2.32 bits per heavy atom. The normalized spacial score (nSPS) is 11.4. The molecule has 0 saturated carbocycles. The number of carbonyl (C=O) groups is 2. The van der Waals surface area contributed by atoms with E-state index in [0.717, 1.165) is 0 Å². The van der Waals surface area contributed by atoms with Gasteiger partial charge in [-0.1, -0.05) is 6.07 Å². The van der Waals surface area contributed by atoms with Crippen molar-refractivity contribution < 1.29 is 42.1 Å². The van der Waals surface area contributed by atoms with Gasteiger partial charge in [0.1, 0.15) is 17.2 Å². The van der Waals surface area contributed by atoms with Crippen LogP contribution in [-0.2, 0) is 4.79 Å². The fourth-order valence-electron chi connectivity index (χ4n) is 4.22. The molecule has 0 atom stereocenters. The molecule has 0 unspecified atom stereocenters. The van der Waals surface area contributed by atoms with E-state index >= 15 is 0 Å². The number of rotatable bonds is 10. The summed E-state index contributed by atoms with van der Waals surface area (Å²) in [4.78, 5) is 24.3. The summed E-state index contributed by atoms with van der Waals surface area (Å²) in [6, 6.07) is 17.2. The monoisotopic (exact) mass is 527 g/mol. The number of hydrogen-bond acceptors (Lipinski definition) is 5. The Morgan fingerprint density at radius 2 is 1.66 bits per heavy atom. The van der Waals surface area contributed by atoms with Crippen LogP contribution in [0.15, 0.2) is 66.7 Å². The van der Waals surface area contributed by atoms with Gasteiger partial charge in [-0.2, -0.15) is 0 Å². The first-order chi connectivity index (χ1) is 18.1. The van der Waals surface area contributed by atoms with Crippen LogP contribution < -0.4 is 14.2 Å². The van der Waals surface area contributed by atoms with E-state index in [1.807, 2.05) is 0 Å². The first-order valence-corrected chi connectivity index (χ1v) is 11.6. The highest BCUT2D eigenvalue weighted by molar-refractivity contribution is 6.18. The van der Waals surface area contributed by atoms with Gasteiger partial charge < -0.3 is 23.9 Å². The predicted octanol–water partition coefficient (Wildman–Crippen LogP) is 6.32. The number of hydrogen-bond donors (Lipinski definition) is 1. The Kier molecular flexibility index (Phi) is 7.61. The first kappa shape index (κ1) is 26.6. The minimum atomic E-state index is -4.88. The molecule has 0 aliphatic heterocycles. The molecule has 198 valence electrons. The molecule has 4 rings (SSSR count). The van der Waals surface area contributed by atoms with Crippen molar-refractivity contribution in [3.63, 3.8) is 0 Å². The lowest BCUT2D eigenvalue weighted by Crippen LogP contribution is -2.17. The molecule has 3 aromatic carbocycles. The highest BCUT2D eigenvalue weighted by atomic mass is 19.4. The zero-order valence-electron chi connectivity index (χ0n) is 20.5. The van der Waals surface area contributed by atoms with Crippen LogP contribution in [0.2, 0.25) is 0 Å². The summed E-state index contributed by atoms with van der Waals surface area (Å²) >= 11 is 0. The number of alkyl halides is 3. The fraction of sp³-hybridized carbons (Fsp3) is 0.214. The largest absolute Gasteiger partial charge is 0.573 e. The average Bonchev–Trinajstić information content (AvgIpc) is 3.16. The van der Waals surface area contributed by atoms with Gasteiger partial charge in [0.05, 0.1) is 24.8 Å². The second-order valence-electron chi connectivity index (χ2n) is 8.42. The van der Waals surface area contributed by atoms with Crippen LogP contribution in [0, 0.1) is 6.92 Å². The van der Waals surface area contributed by atoms with Gasteiger partial charge in [-0.15, -0.1) is 13.2 Å². The molecular formula is C28H24F3NO6. The van der Waals surface area contributed by atoms with Crippen molar-refractivity contribution in [2.45, 2.75) is 26.1 Å². The molecule has 0 spiro atoms. The molecule has 0 amide bonds. The fourth-order valence-corrected chi connectivity index (χ4v) is 4.22. The van der Waals surface area contributed by atoms with Crippen LogP contribution in [-0.4, -0.2) is 41.5 Å². The molecule has 0 radical (unpaired) electrons. The number of ether oxygens (including phenoxy) is 3. The van der Waals surface area contributed by atoms with Crippen molar-refractivity contribution >= 4 is 22.7 Å². The summed E-state index contributed by atoms with van der Waals surface area (Å²) in [6.45, 7) is 1.88. The van der Waals surface area contributed by atoms with Crippen LogP contribution >= 0.6 is 0 Å². The van der Waals surface area contributed by atoms with Gasteiger partial charge in [-0.25, -0.2) is 0 Å². The van der Waals surface area contributed by atoms with E-state index in [1.165, 1.54) is 25.3 Å². The molecule has 7 nitrogen and oxygen atoms in total. The van der Waals surface area contributed by atoms with Crippen LogP contribution in [0.5, 0.6) is 17.2 Å². The van der Waals surface area contributed by atoms with E-state index in [-0.39, 0.29) is 18.8 Å². The highest BCUT2D eigenvalue weighted by Crippen LogP contribution is 2.35. The maximum absolute atomic E-state index is 13.6. The Hall–Kier alpha value is -4.47. The van der Waals surface area contributed by atoms with Gasteiger partial charge in [0.15, 0.2) is 5.78 Å². The molecule has 0 aliphatic carbocycles. The van der Waals surface area contributed by atoms with Gasteiger partial charge in [0.2, 0.25) is 0 Å². The van der Waals surface area contributed by atoms with Crippen LogP contribution in [0.4, 0.5) is 13.2 Å². The van der Waals surface area contributed by atoms with E-state index in [2.05, 4.69) is 4.74 Å². The summed E-state index contributed by atoms with van der Waals surface area (Å²) in [7, 11) is 1.51. The number of fused-ring (bicyclic) bond motifs is 1. The maximum Gasteiger partial charge on any atom is 0.573 e. The summed E-state index contributed by atoms with van der Waals surface area (Å²) < 4.78 is 55.5. The average molecular weight is 527 g/mol. The second-order valence-corrected chi connectivity index (χ2v) is 8.42. The maximum atomic E-state index is 13.6. The minimum Gasteiger partial charge on any atom is -0.497 e. The summed E-state index contributed by atoms with van der Waals surface area (Å²) in [5.41, 5.74) is 2.11. The number of benzene rings is 3. The minimum absolute atomic E-state index is 0.0418. The van der Waals surface area contributed by atoms with Crippen LogP contribution in [0.3, 0.4) is 0 Å². The van der Waals surface area contributed by atoms with E-state index in [4.69, 9.17) is 14.6 Å². The van der Waals surface area contributed by atoms with Gasteiger partial charge >= 0.3 is 12.3 Å². The number of aromatic nitrogens is 1. The molecule has 0 fully saturated rings. The third-order valence-corrected chi connectivity index (χ3v) is 5.87. The van der Waals surface area contributed by atoms with Crippen molar-refractivity contribution in [1.82, 2.24) is 4.57 Å². The SMILES string of the molecule is COc1ccc(C(=O)c2c(C)n(-c3cccc(OCCCC(=O)O)c3)c3cc(OC(F)(F)F)ccc23)cc1. The molecule has 1 aromatic heterocycles. The molecule has 1 heterocycles. The smallest absolute Gasteiger partial charge is 0.497 e. The third-order valence-electron chi connectivity index (χ3n) is 5.87. The summed E-state index contributed by atoms with van der Waals surface area (Å²) in [5, 5.41) is 9.26. The van der Waals surface area contributed by atoms with Crippen LogP contribution in [0.1, 0.15) is 34.5 Å². The van der Waals surface area contributed by atoms with Crippen molar-refractivity contribution in [2.24, 2.45) is 0 Å². The molecule has 0 bridgehead atoms. The number of carboxylic acid groups (broad SMARTS) is 1. The number of aliphatic carboxylic acids is 1. The lowest BCUT2D eigenvalue weighted by Gasteiger charge is -2.13. The van der Waals surface area contributed by atoms with Gasteiger partial charge in [-0.3, -0.25) is 9.59 Å². The highest BCUT2D eigenvalue weighted by Gasteiger charge is 2.32. The van der Waals surface area contributed by atoms with Crippen molar-refractivity contribution in [1.29, 1.82) is 0 Å². The van der Waals surface area contributed by atoms with Gasteiger partial charge in [0, 0.05) is 40.9 Å². The molecule has 4 aromatic rings. The zero-order chi connectivity index (χ0) is 27.4. The third kappa shape index (κ3) is 5.91. The summed E-state index contributed by atoms with van der Waals surface area (Å²) in [5.74, 6) is -0.634. The quantitative estimate of drug-likeness (QED) is 0.192. The van der Waals surface area contributed by atoms with Gasteiger partial charge in [0.25, 0.3) is 0 Å². The molecule has 10 heteroatoms. The zero-order valence-corrected chi connectivity index (χ0v) is 20.5.